The van der Waals surface area contributed by atoms with E-state index in [2.05, 4.69) is 27.0 Å². The van der Waals surface area contributed by atoms with Crippen LogP contribution in [0, 0.1) is 0 Å². The van der Waals surface area contributed by atoms with Crippen molar-refractivity contribution in [3.63, 3.8) is 0 Å². The molecule has 0 saturated heterocycles. The number of Topliss-reactive ketones (excluding diaryl/α,β-unsaturated/α-hetero) is 1. The third kappa shape index (κ3) is 3.36. The van der Waals surface area contributed by atoms with Gasteiger partial charge in [-0.2, -0.15) is 0 Å². The first kappa shape index (κ1) is 14.8. The van der Waals surface area contributed by atoms with E-state index in [0.29, 0.717) is 0 Å². The lowest BCUT2D eigenvalue weighted by molar-refractivity contribution is 0.0994. The van der Waals surface area contributed by atoms with Crippen molar-refractivity contribution in [2.75, 3.05) is 0 Å². The molecule has 0 saturated carbocycles. The van der Waals surface area contributed by atoms with E-state index in [1.54, 1.807) is 11.3 Å². The smallest absolute Gasteiger partial charge is 0.175 e. The van der Waals surface area contributed by atoms with Crippen LogP contribution in [0.1, 0.15) is 17.3 Å². The zero-order chi connectivity index (χ0) is 14.8. The summed E-state index contributed by atoms with van der Waals surface area (Å²) in [5, 5.41) is -0.147. The molecule has 0 N–H and O–H groups in total. The van der Waals surface area contributed by atoms with E-state index in [4.69, 9.17) is 0 Å². The largest absolute Gasteiger partial charge is 0.293 e. The lowest BCUT2D eigenvalue weighted by atomic mass is 10.1. The number of carbonyl (C=O) groups excluding carboxylic acids is 1. The lowest BCUT2D eigenvalue weighted by Crippen LogP contribution is -2.13. The zero-order valence-corrected chi connectivity index (χ0v) is 14.5. The summed E-state index contributed by atoms with van der Waals surface area (Å²) >= 11 is 6.54. The van der Waals surface area contributed by atoms with Gasteiger partial charge in [-0.05, 0) is 31.2 Å². The Bertz CT molecular complexity index is 749. The molecule has 1 aromatic heterocycles. The van der Waals surface area contributed by atoms with Crippen LogP contribution in [0.5, 0.6) is 0 Å². The van der Waals surface area contributed by atoms with Crippen molar-refractivity contribution >= 4 is 55.0 Å². The van der Waals surface area contributed by atoms with Gasteiger partial charge >= 0.3 is 0 Å². The predicted octanol–water partition coefficient (Wildman–Crippen LogP) is 5.42. The molecule has 2 nitrogen and oxygen atoms in total. The summed E-state index contributed by atoms with van der Waals surface area (Å²) in [5.41, 5.74) is 1.73. The number of hydrogen-bond acceptors (Lipinski definition) is 4. The highest BCUT2D eigenvalue weighted by atomic mass is 79.9. The minimum atomic E-state index is -0.147. The van der Waals surface area contributed by atoms with Gasteiger partial charge in [-0.15, -0.1) is 11.3 Å². The molecule has 1 atom stereocenters. The van der Waals surface area contributed by atoms with Crippen molar-refractivity contribution in [1.29, 1.82) is 0 Å². The van der Waals surface area contributed by atoms with Gasteiger partial charge in [0.25, 0.3) is 0 Å². The van der Waals surface area contributed by atoms with Gasteiger partial charge in [-0.3, -0.25) is 4.79 Å². The maximum Gasteiger partial charge on any atom is 0.175 e. The first-order chi connectivity index (χ1) is 10.1. The number of rotatable bonds is 4. The molecular weight excluding hydrogens is 366 g/mol. The Balaban J connectivity index is 1.77. The number of carbonyl (C=O) groups is 1. The Morgan fingerprint density at radius 2 is 1.90 bits per heavy atom. The molecule has 106 valence electrons. The number of thiazole rings is 1. The Hall–Kier alpha value is -1.17. The van der Waals surface area contributed by atoms with Crippen LogP contribution in [0.2, 0.25) is 0 Å². The molecule has 1 heterocycles. The van der Waals surface area contributed by atoms with Crippen LogP contribution < -0.4 is 0 Å². The standard InChI is InChI=1S/C16H12BrNOS2/c1-10(15(19)11-6-8-12(17)9-7-11)20-16-18-13-4-2-3-5-14(13)21-16/h2-10H,1H3/t10-/m0/s1. The monoisotopic (exact) mass is 377 g/mol. The van der Waals surface area contributed by atoms with Crippen molar-refractivity contribution in [2.45, 2.75) is 16.5 Å². The summed E-state index contributed by atoms with van der Waals surface area (Å²) in [7, 11) is 0. The Morgan fingerprint density at radius 1 is 1.19 bits per heavy atom. The summed E-state index contributed by atoms with van der Waals surface area (Å²) < 4.78 is 3.07. The average Bonchev–Trinajstić information content (AvgIpc) is 2.89. The number of nitrogens with zero attached hydrogens (tertiary/aromatic N) is 1. The number of para-hydroxylation sites is 1. The van der Waals surface area contributed by atoms with Crippen LogP contribution in [-0.2, 0) is 0 Å². The molecular formula is C16H12BrNOS2. The molecule has 0 spiro atoms. The molecule has 0 fully saturated rings. The number of aromatic nitrogens is 1. The summed E-state index contributed by atoms with van der Waals surface area (Å²) in [6.45, 7) is 1.93. The third-order valence-electron chi connectivity index (χ3n) is 3.05. The number of halogens is 1. The van der Waals surface area contributed by atoms with Crippen molar-refractivity contribution in [3.05, 3.63) is 58.6 Å². The fourth-order valence-electron chi connectivity index (χ4n) is 1.96. The Morgan fingerprint density at radius 3 is 2.62 bits per heavy atom. The summed E-state index contributed by atoms with van der Waals surface area (Å²) in [4.78, 5) is 17.0. The van der Waals surface area contributed by atoms with E-state index in [-0.39, 0.29) is 11.0 Å². The molecule has 3 aromatic rings. The van der Waals surface area contributed by atoms with Gasteiger partial charge in [0.1, 0.15) is 0 Å². The zero-order valence-electron chi connectivity index (χ0n) is 11.2. The predicted molar refractivity (Wildman–Crippen MR) is 93.4 cm³/mol. The fraction of sp³-hybridized carbons (Fsp3) is 0.125. The maximum atomic E-state index is 12.4. The first-order valence-electron chi connectivity index (χ1n) is 6.45. The van der Waals surface area contributed by atoms with Gasteiger partial charge in [-0.25, -0.2) is 4.98 Å². The molecule has 0 amide bonds. The van der Waals surface area contributed by atoms with Crippen molar-refractivity contribution in [1.82, 2.24) is 4.98 Å². The molecule has 21 heavy (non-hydrogen) atoms. The summed E-state index contributed by atoms with van der Waals surface area (Å²) in [6.07, 6.45) is 0. The van der Waals surface area contributed by atoms with Gasteiger partial charge in [0.2, 0.25) is 0 Å². The number of ketones is 1. The minimum Gasteiger partial charge on any atom is -0.293 e. The van der Waals surface area contributed by atoms with E-state index in [9.17, 15) is 4.79 Å². The number of hydrogen-bond donors (Lipinski definition) is 0. The summed E-state index contributed by atoms with van der Waals surface area (Å²) in [5.74, 6) is 0.131. The molecule has 0 aliphatic heterocycles. The van der Waals surface area contributed by atoms with Crippen LogP contribution in [0.15, 0.2) is 57.3 Å². The molecule has 0 aliphatic rings. The second-order valence-electron chi connectivity index (χ2n) is 4.58. The summed E-state index contributed by atoms with van der Waals surface area (Å²) in [6, 6.07) is 15.5. The van der Waals surface area contributed by atoms with E-state index < -0.39 is 0 Å². The van der Waals surface area contributed by atoms with Gasteiger partial charge in [0.05, 0.1) is 15.5 Å². The molecule has 5 heteroatoms. The van der Waals surface area contributed by atoms with Crippen LogP contribution >= 0.6 is 39.0 Å². The molecule has 0 aliphatic carbocycles. The second kappa shape index (κ2) is 6.30. The highest BCUT2D eigenvalue weighted by Crippen LogP contribution is 2.33. The molecule has 2 aromatic carbocycles. The van der Waals surface area contributed by atoms with Crippen LogP contribution in [0.25, 0.3) is 10.2 Å². The number of benzene rings is 2. The minimum absolute atomic E-state index is 0.131. The first-order valence-corrected chi connectivity index (χ1v) is 8.94. The van der Waals surface area contributed by atoms with Crippen LogP contribution in [-0.4, -0.2) is 16.0 Å². The van der Waals surface area contributed by atoms with Crippen LogP contribution in [0.3, 0.4) is 0 Å². The second-order valence-corrected chi connectivity index (χ2v) is 8.11. The topological polar surface area (TPSA) is 30.0 Å². The Kier molecular flexibility index (Phi) is 4.42. The van der Waals surface area contributed by atoms with Gasteiger partial charge in [0, 0.05) is 10.0 Å². The SMILES string of the molecule is C[C@H](Sc1nc2ccccc2s1)C(=O)c1ccc(Br)cc1. The number of fused-ring (bicyclic) bond motifs is 1. The quantitative estimate of drug-likeness (QED) is 0.448. The van der Waals surface area contributed by atoms with E-state index >= 15 is 0 Å². The van der Waals surface area contributed by atoms with Crippen molar-refractivity contribution < 1.29 is 4.79 Å². The van der Waals surface area contributed by atoms with Gasteiger partial charge in [-0.1, -0.05) is 52.0 Å². The maximum absolute atomic E-state index is 12.4. The highest BCUT2D eigenvalue weighted by molar-refractivity contribution is 9.10. The van der Waals surface area contributed by atoms with Gasteiger partial charge in [0.15, 0.2) is 10.1 Å². The molecule has 0 bridgehead atoms. The lowest BCUT2D eigenvalue weighted by Gasteiger charge is -2.08. The van der Waals surface area contributed by atoms with E-state index in [1.807, 2.05) is 49.4 Å². The fourth-order valence-corrected chi connectivity index (χ4v) is 4.51. The van der Waals surface area contributed by atoms with Crippen molar-refractivity contribution in [2.24, 2.45) is 0 Å². The molecule has 3 rings (SSSR count). The average molecular weight is 378 g/mol. The molecule has 0 radical (unpaired) electrons. The molecule has 0 unspecified atom stereocenters. The normalized spacial score (nSPS) is 12.5. The van der Waals surface area contributed by atoms with Gasteiger partial charge < -0.3 is 0 Å². The van der Waals surface area contributed by atoms with E-state index in [0.717, 1.165) is 24.6 Å². The number of thioether (sulfide) groups is 1. The highest BCUT2D eigenvalue weighted by Gasteiger charge is 2.18. The Labute approximate surface area is 139 Å². The van der Waals surface area contributed by atoms with Crippen LogP contribution in [0.4, 0.5) is 0 Å². The van der Waals surface area contributed by atoms with E-state index in [1.165, 1.54) is 11.8 Å². The third-order valence-corrected chi connectivity index (χ3v) is 5.81. The van der Waals surface area contributed by atoms with Crippen molar-refractivity contribution in [3.8, 4) is 0 Å².